The fourth-order valence-corrected chi connectivity index (χ4v) is 4.25. The Balaban J connectivity index is 2.39. The van der Waals surface area contributed by atoms with Gasteiger partial charge >= 0.3 is 0 Å². The SMILES string of the molecule is CCNS(=O)(=O)N1CCc2cc(C)ccc2C1CC. The van der Waals surface area contributed by atoms with E-state index >= 15 is 0 Å². The summed E-state index contributed by atoms with van der Waals surface area (Å²) in [6.45, 7) is 6.90. The molecule has 2 rings (SSSR count). The Morgan fingerprint density at radius 3 is 2.74 bits per heavy atom. The van der Waals surface area contributed by atoms with Crippen LogP contribution >= 0.6 is 0 Å². The van der Waals surface area contributed by atoms with Gasteiger partial charge in [-0.1, -0.05) is 37.6 Å². The highest BCUT2D eigenvalue weighted by molar-refractivity contribution is 7.87. The minimum absolute atomic E-state index is 0.0478. The average Bonchev–Trinajstić information content (AvgIpc) is 2.36. The van der Waals surface area contributed by atoms with Gasteiger partial charge in [-0.05, 0) is 30.9 Å². The summed E-state index contributed by atoms with van der Waals surface area (Å²) < 4.78 is 28.7. The highest BCUT2D eigenvalue weighted by atomic mass is 32.2. The molecule has 0 spiro atoms. The number of rotatable bonds is 4. The van der Waals surface area contributed by atoms with Crippen molar-refractivity contribution in [1.82, 2.24) is 9.03 Å². The number of nitrogens with one attached hydrogen (secondary N) is 1. The molecule has 1 unspecified atom stereocenters. The molecule has 0 fully saturated rings. The van der Waals surface area contributed by atoms with Gasteiger partial charge in [0, 0.05) is 13.1 Å². The van der Waals surface area contributed by atoms with Gasteiger partial charge in [-0.2, -0.15) is 12.7 Å². The molecule has 0 bridgehead atoms. The van der Waals surface area contributed by atoms with Crippen molar-refractivity contribution < 1.29 is 8.42 Å². The van der Waals surface area contributed by atoms with Crippen molar-refractivity contribution in [1.29, 1.82) is 0 Å². The van der Waals surface area contributed by atoms with Crippen molar-refractivity contribution in [2.24, 2.45) is 0 Å². The maximum absolute atomic E-state index is 12.2. The van der Waals surface area contributed by atoms with Crippen LogP contribution in [-0.4, -0.2) is 25.8 Å². The van der Waals surface area contributed by atoms with Crippen LogP contribution in [0.1, 0.15) is 43.0 Å². The number of fused-ring (bicyclic) bond motifs is 1. The normalized spacial score (nSPS) is 20.3. The van der Waals surface area contributed by atoms with Gasteiger partial charge in [-0.15, -0.1) is 0 Å². The molecule has 1 aromatic carbocycles. The van der Waals surface area contributed by atoms with E-state index in [2.05, 4.69) is 29.8 Å². The number of aryl methyl sites for hydroxylation is 1. The van der Waals surface area contributed by atoms with Crippen LogP contribution in [-0.2, 0) is 16.6 Å². The van der Waals surface area contributed by atoms with Crippen molar-refractivity contribution in [3.05, 3.63) is 34.9 Å². The predicted molar refractivity (Wildman–Crippen MR) is 77.2 cm³/mol. The van der Waals surface area contributed by atoms with E-state index in [1.54, 1.807) is 11.2 Å². The highest BCUT2D eigenvalue weighted by Crippen LogP contribution is 2.34. The lowest BCUT2D eigenvalue weighted by Gasteiger charge is -2.35. The predicted octanol–water partition coefficient (Wildman–Crippen LogP) is 2.16. The minimum Gasteiger partial charge on any atom is -0.202 e. The monoisotopic (exact) mass is 282 g/mol. The summed E-state index contributed by atoms with van der Waals surface area (Å²) >= 11 is 0. The Kier molecular flexibility index (Phi) is 4.28. The molecule has 4 nitrogen and oxygen atoms in total. The lowest BCUT2D eigenvalue weighted by molar-refractivity contribution is 0.297. The molecule has 106 valence electrons. The van der Waals surface area contributed by atoms with E-state index in [1.807, 2.05) is 6.92 Å². The summed E-state index contributed by atoms with van der Waals surface area (Å²) in [5.41, 5.74) is 3.67. The van der Waals surface area contributed by atoms with Crippen LogP contribution < -0.4 is 4.72 Å². The van der Waals surface area contributed by atoms with Crippen LogP contribution in [0.3, 0.4) is 0 Å². The topological polar surface area (TPSA) is 49.4 Å². The van der Waals surface area contributed by atoms with Crippen molar-refractivity contribution >= 4 is 10.2 Å². The summed E-state index contributed by atoms with van der Waals surface area (Å²) in [6, 6.07) is 6.26. The van der Waals surface area contributed by atoms with E-state index in [-0.39, 0.29) is 6.04 Å². The molecule has 1 aliphatic heterocycles. The van der Waals surface area contributed by atoms with Crippen LogP contribution in [0.25, 0.3) is 0 Å². The quantitative estimate of drug-likeness (QED) is 0.920. The van der Waals surface area contributed by atoms with Gasteiger partial charge in [0.05, 0.1) is 6.04 Å². The lowest BCUT2D eigenvalue weighted by Crippen LogP contribution is -2.45. The van der Waals surface area contributed by atoms with E-state index in [4.69, 9.17) is 0 Å². The molecule has 0 aromatic heterocycles. The highest BCUT2D eigenvalue weighted by Gasteiger charge is 2.33. The molecule has 0 radical (unpaired) electrons. The third-order valence-corrected chi connectivity index (χ3v) is 5.34. The van der Waals surface area contributed by atoms with Gasteiger partial charge in [0.2, 0.25) is 0 Å². The number of benzene rings is 1. The van der Waals surface area contributed by atoms with Gasteiger partial charge in [0.15, 0.2) is 0 Å². The molecular formula is C14H22N2O2S. The Morgan fingerprint density at radius 1 is 1.37 bits per heavy atom. The molecule has 1 N–H and O–H groups in total. The second-order valence-electron chi connectivity index (χ2n) is 4.99. The molecule has 5 heteroatoms. The van der Waals surface area contributed by atoms with Crippen molar-refractivity contribution in [2.45, 2.75) is 39.7 Å². The summed E-state index contributed by atoms with van der Waals surface area (Å²) in [6.07, 6.45) is 1.58. The van der Waals surface area contributed by atoms with E-state index in [1.165, 1.54) is 11.1 Å². The Bertz CT molecular complexity index is 555. The van der Waals surface area contributed by atoms with E-state index in [0.29, 0.717) is 13.1 Å². The number of hydrogen-bond donors (Lipinski definition) is 1. The first-order valence-electron chi connectivity index (χ1n) is 6.85. The first-order valence-corrected chi connectivity index (χ1v) is 8.29. The van der Waals surface area contributed by atoms with Gasteiger partial charge < -0.3 is 0 Å². The summed E-state index contributed by atoms with van der Waals surface area (Å²) in [5, 5.41) is 0. The maximum Gasteiger partial charge on any atom is 0.280 e. The van der Waals surface area contributed by atoms with Gasteiger partial charge in [0.25, 0.3) is 10.2 Å². The third kappa shape index (κ3) is 2.83. The fraction of sp³-hybridized carbons (Fsp3) is 0.571. The second-order valence-corrected chi connectivity index (χ2v) is 6.70. The van der Waals surface area contributed by atoms with Gasteiger partial charge in [-0.3, -0.25) is 0 Å². The molecule has 1 aliphatic rings. The Hall–Kier alpha value is -0.910. The molecule has 19 heavy (non-hydrogen) atoms. The molecule has 0 aliphatic carbocycles. The summed E-state index contributed by atoms with van der Waals surface area (Å²) in [5.74, 6) is 0. The standard InChI is InChI=1S/C14H22N2O2S/c1-4-14-13-7-6-11(3)10-12(13)8-9-16(14)19(17,18)15-5-2/h6-7,10,14-15H,4-5,8-9H2,1-3H3. The molecule has 1 aromatic rings. The van der Waals surface area contributed by atoms with Crippen molar-refractivity contribution in [2.75, 3.05) is 13.1 Å². The van der Waals surface area contributed by atoms with Crippen LogP contribution in [0.15, 0.2) is 18.2 Å². The zero-order valence-corrected chi connectivity index (χ0v) is 12.6. The molecule has 0 saturated carbocycles. The molecule has 1 atom stereocenters. The van der Waals surface area contributed by atoms with E-state index in [9.17, 15) is 8.42 Å². The van der Waals surface area contributed by atoms with Crippen molar-refractivity contribution in [3.8, 4) is 0 Å². The van der Waals surface area contributed by atoms with E-state index < -0.39 is 10.2 Å². The molecule has 0 saturated heterocycles. The number of nitrogens with zero attached hydrogens (tertiary/aromatic N) is 1. The first-order chi connectivity index (χ1) is 8.99. The Labute approximate surface area is 116 Å². The average molecular weight is 282 g/mol. The van der Waals surface area contributed by atoms with Gasteiger partial charge in [-0.25, -0.2) is 4.72 Å². The molecule has 0 amide bonds. The number of hydrogen-bond acceptors (Lipinski definition) is 2. The first kappa shape index (κ1) is 14.5. The smallest absolute Gasteiger partial charge is 0.202 e. The Morgan fingerprint density at radius 2 is 2.11 bits per heavy atom. The van der Waals surface area contributed by atoms with Crippen LogP contribution in [0.2, 0.25) is 0 Å². The minimum atomic E-state index is -3.36. The largest absolute Gasteiger partial charge is 0.280 e. The third-order valence-electron chi connectivity index (χ3n) is 3.63. The summed E-state index contributed by atoms with van der Waals surface area (Å²) in [4.78, 5) is 0. The fourth-order valence-electron chi connectivity index (χ4n) is 2.79. The lowest BCUT2D eigenvalue weighted by atomic mass is 9.91. The van der Waals surface area contributed by atoms with Crippen LogP contribution in [0.5, 0.6) is 0 Å². The van der Waals surface area contributed by atoms with Crippen LogP contribution in [0, 0.1) is 6.92 Å². The van der Waals surface area contributed by atoms with E-state index in [0.717, 1.165) is 18.4 Å². The molecule has 1 heterocycles. The van der Waals surface area contributed by atoms with Gasteiger partial charge in [0.1, 0.15) is 0 Å². The van der Waals surface area contributed by atoms with Crippen molar-refractivity contribution in [3.63, 3.8) is 0 Å². The summed E-state index contributed by atoms with van der Waals surface area (Å²) in [7, 11) is -3.36. The zero-order chi connectivity index (χ0) is 14.0. The van der Waals surface area contributed by atoms with Crippen LogP contribution in [0.4, 0.5) is 0 Å². The maximum atomic E-state index is 12.2. The second kappa shape index (κ2) is 5.61. The zero-order valence-electron chi connectivity index (χ0n) is 11.8. The molecular weight excluding hydrogens is 260 g/mol.